The first-order valence-electron chi connectivity index (χ1n) is 7.50. The second-order valence-electron chi connectivity index (χ2n) is 5.59. The third-order valence-electron chi connectivity index (χ3n) is 3.94. The summed E-state index contributed by atoms with van der Waals surface area (Å²) in [5.41, 5.74) is 1.11. The lowest BCUT2D eigenvalue weighted by Gasteiger charge is -2.14. The number of hydrogen-bond acceptors (Lipinski definition) is 3. The molecule has 0 spiro atoms. The van der Waals surface area contributed by atoms with Crippen molar-refractivity contribution in [2.75, 3.05) is 13.2 Å². The highest BCUT2D eigenvalue weighted by Gasteiger charge is 2.18. The SMILES string of the molecule is O=C(NCC1CCOc2ccccc2C1)c1c[nH]c(=O)c(Cl)c1. The molecule has 1 aliphatic rings. The summed E-state index contributed by atoms with van der Waals surface area (Å²) in [5, 5.41) is 2.91. The maximum absolute atomic E-state index is 12.2. The molecule has 1 amide bonds. The topological polar surface area (TPSA) is 71.2 Å². The van der Waals surface area contributed by atoms with Crippen molar-refractivity contribution in [3.8, 4) is 5.75 Å². The molecule has 1 aliphatic heterocycles. The molecule has 0 radical (unpaired) electrons. The van der Waals surface area contributed by atoms with Gasteiger partial charge in [0.15, 0.2) is 0 Å². The molecule has 1 aromatic carbocycles. The van der Waals surface area contributed by atoms with Gasteiger partial charge < -0.3 is 15.0 Å². The van der Waals surface area contributed by atoms with E-state index in [0.717, 1.165) is 24.2 Å². The Balaban J connectivity index is 1.63. The number of pyridine rings is 1. The quantitative estimate of drug-likeness (QED) is 0.906. The number of fused-ring (bicyclic) bond motifs is 1. The fraction of sp³-hybridized carbons (Fsp3) is 0.294. The molecule has 3 rings (SSSR count). The highest BCUT2D eigenvalue weighted by Crippen LogP contribution is 2.26. The summed E-state index contributed by atoms with van der Waals surface area (Å²) in [6, 6.07) is 9.35. The van der Waals surface area contributed by atoms with E-state index in [1.54, 1.807) is 0 Å². The van der Waals surface area contributed by atoms with Crippen LogP contribution in [0.1, 0.15) is 22.3 Å². The fourth-order valence-electron chi connectivity index (χ4n) is 2.66. The molecular weight excluding hydrogens is 316 g/mol. The van der Waals surface area contributed by atoms with Gasteiger partial charge in [0.25, 0.3) is 11.5 Å². The number of carbonyl (C=O) groups is 1. The van der Waals surface area contributed by atoms with E-state index in [1.165, 1.54) is 12.3 Å². The number of para-hydroxylation sites is 1. The predicted molar refractivity (Wildman–Crippen MR) is 88.2 cm³/mol. The van der Waals surface area contributed by atoms with Crippen LogP contribution in [0.5, 0.6) is 5.75 Å². The zero-order chi connectivity index (χ0) is 16.2. The Morgan fingerprint density at radius 2 is 2.22 bits per heavy atom. The number of aromatic amines is 1. The minimum Gasteiger partial charge on any atom is -0.493 e. The van der Waals surface area contributed by atoms with E-state index >= 15 is 0 Å². The number of nitrogens with one attached hydrogen (secondary N) is 2. The molecule has 2 heterocycles. The molecule has 0 fully saturated rings. The first kappa shape index (κ1) is 15.6. The molecule has 1 atom stereocenters. The molecule has 0 saturated carbocycles. The molecule has 0 saturated heterocycles. The van der Waals surface area contributed by atoms with Crippen LogP contribution in [0, 0.1) is 5.92 Å². The van der Waals surface area contributed by atoms with Gasteiger partial charge in [-0.3, -0.25) is 9.59 Å². The number of rotatable bonds is 3. The van der Waals surface area contributed by atoms with Crippen LogP contribution in [0.25, 0.3) is 0 Å². The Morgan fingerprint density at radius 3 is 3.04 bits per heavy atom. The summed E-state index contributed by atoms with van der Waals surface area (Å²) in [4.78, 5) is 25.8. The smallest absolute Gasteiger partial charge is 0.266 e. The van der Waals surface area contributed by atoms with Gasteiger partial charge >= 0.3 is 0 Å². The molecule has 2 N–H and O–H groups in total. The van der Waals surface area contributed by atoms with Crippen LogP contribution in [-0.2, 0) is 6.42 Å². The Morgan fingerprint density at radius 1 is 1.39 bits per heavy atom. The van der Waals surface area contributed by atoms with Crippen molar-refractivity contribution in [1.82, 2.24) is 10.3 Å². The van der Waals surface area contributed by atoms with E-state index in [4.69, 9.17) is 16.3 Å². The number of H-pyrrole nitrogens is 1. The van der Waals surface area contributed by atoms with Gasteiger partial charge in [-0.25, -0.2) is 0 Å². The van der Waals surface area contributed by atoms with Gasteiger partial charge in [0, 0.05) is 12.7 Å². The highest BCUT2D eigenvalue weighted by molar-refractivity contribution is 6.30. The van der Waals surface area contributed by atoms with Crippen molar-refractivity contribution in [1.29, 1.82) is 0 Å². The van der Waals surface area contributed by atoms with Crippen molar-refractivity contribution in [3.05, 3.63) is 63.0 Å². The van der Waals surface area contributed by atoms with Gasteiger partial charge in [0.1, 0.15) is 10.8 Å². The molecule has 120 valence electrons. The molecule has 6 heteroatoms. The molecule has 2 aromatic rings. The second-order valence-corrected chi connectivity index (χ2v) is 6.00. The maximum atomic E-state index is 12.2. The van der Waals surface area contributed by atoms with E-state index in [1.807, 2.05) is 18.2 Å². The first-order chi connectivity index (χ1) is 11.1. The molecule has 23 heavy (non-hydrogen) atoms. The Bertz CT molecular complexity index is 772. The number of halogens is 1. The van der Waals surface area contributed by atoms with E-state index < -0.39 is 5.56 Å². The highest BCUT2D eigenvalue weighted by atomic mass is 35.5. The Hall–Kier alpha value is -2.27. The minimum absolute atomic E-state index is 0.00874. The fourth-order valence-corrected chi connectivity index (χ4v) is 2.83. The van der Waals surface area contributed by atoms with Crippen LogP contribution < -0.4 is 15.6 Å². The number of amides is 1. The summed E-state index contributed by atoms with van der Waals surface area (Å²) in [6.07, 6.45) is 3.11. The lowest BCUT2D eigenvalue weighted by atomic mass is 9.97. The third kappa shape index (κ3) is 3.74. The van der Waals surface area contributed by atoms with Crippen molar-refractivity contribution in [2.24, 2.45) is 5.92 Å². The normalized spacial score (nSPS) is 16.8. The van der Waals surface area contributed by atoms with Gasteiger partial charge in [0.05, 0.1) is 12.2 Å². The molecule has 5 nitrogen and oxygen atoms in total. The minimum atomic E-state index is -0.402. The number of benzene rings is 1. The number of carbonyl (C=O) groups excluding carboxylic acids is 1. The van der Waals surface area contributed by atoms with E-state index in [9.17, 15) is 9.59 Å². The van der Waals surface area contributed by atoms with Crippen LogP contribution in [0.3, 0.4) is 0 Å². The maximum Gasteiger partial charge on any atom is 0.266 e. The second kappa shape index (κ2) is 6.87. The number of ether oxygens (including phenoxy) is 1. The summed E-state index contributed by atoms with van der Waals surface area (Å²) < 4.78 is 5.73. The van der Waals surface area contributed by atoms with Crippen LogP contribution in [0.4, 0.5) is 0 Å². The van der Waals surface area contributed by atoms with Crippen molar-refractivity contribution in [2.45, 2.75) is 12.8 Å². The van der Waals surface area contributed by atoms with Crippen LogP contribution in [-0.4, -0.2) is 24.0 Å². The zero-order valence-electron chi connectivity index (χ0n) is 12.5. The van der Waals surface area contributed by atoms with Gasteiger partial charge in [-0.2, -0.15) is 0 Å². The standard InChI is InChI=1S/C17H17ClN2O3/c18-14-8-13(10-20-17(14)22)16(21)19-9-11-5-6-23-15-4-2-1-3-12(15)7-11/h1-4,8,10-11H,5-7,9H2,(H,19,21)(H,20,22). The third-order valence-corrected chi connectivity index (χ3v) is 4.22. The van der Waals surface area contributed by atoms with E-state index in [0.29, 0.717) is 24.6 Å². The van der Waals surface area contributed by atoms with Crippen LogP contribution in [0.2, 0.25) is 5.02 Å². The molecule has 1 unspecified atom stereocenters. The Kier molecular flexibility index (Phi) is 4.67. The average molecular weight is 333 g/mol. The Labute approximate surface area is 138 Å². The largest absolute Gasteiger partial charge is 0.493 e. The van der Waals surface area contributed by atoms with Crippen LogP contribution >= 0.6 is 11.6 Å². The first-order valence-corrected chi connectivity index (χ1v) is 7.88. The van der Waals surface area contributed by atoms with Crippen LogP contribution in [0.15, 0.2) is 41.3 Å². The molecule has 0 aliphatic carbocycles. The average Bonchev–Trinajstić information content (AvgIpc) is 2.77. The lowest BCUT2D eigenvalue weighted by molar-refractivity contribution is 0.0945. The predicted octanol–water partition coefficient (Wildman–Crippen LogP) is 2.40. The molecule has 1 aromatic heterocycles. The van der Waals surface area contributed by atoms with Gasteiger partial charge in [-0.15, -0.1) is 0 Å². The van der Waals surface area contributed by atoms with Crippen molar-refractivity contribution >= 4 is 17.5 Å². The summed E-state index contributed by atoms with van der Waals surface area (Å²) >= 11 is 5.74. The van der Waals surface area contributed by atoms with E-state index in [2.05, 4.69) is 16.4 Å². The van der Waals surface area contributed by atoms with E-state index in [-0.39, 0.29) is 10.9 Å². The number of hydrogen-bond donors (Lipinski definition) is 2. The van der Waals surface area contributed by atoms with Crippen molar-refractivity contribution in [3.63, 3.8) is 0 Å². The number of aromatic nitrogens is 1. The monoisotopic (exact) mass is 332 g/mol. The lowest BCUT2D eigenvalue weighted by Crippen LogP contribution is -2.31. The van der Waals surface area contributed by atoms with Gasteiger partial charge in [-0.1, -0.05) is 29.8 Å². The summed E-state index contributed by atoms with van der Waals surface area (Å²) in [5.74, 6) is 0.983. The molecule has 0 bridgehead atoms. The van der Waals surface area contributed by atoms with Crippen molar-refractivity contribution < 1.29 is 9.53 Å². The van der Waals surface area contributed by atoms with Gasteiger partial charge in [-0.05, 0) is 36.5 Å². The molecular formula is C17H17ClN2O3. The zero-order valence-corrected chi connectivity index (χ0v) is 13.2. The summed E-state index contributed by atoms with van der Waals surface area (Å²) in [7, 11) is 0. The summed E-state index contributed by atoms with van der Waals surface area (Å²) in [6.45, 7) is 1.19. The van der Waals surface area contributed by atoms with Gasteiger partial charge in [0.2, 0.25) is 0 Å².